The van der Waals surface area contributed by atoms with Crippen LogP contribution in [0.2, 0.25) is 0 Å². The summed E-state index contributed by atoms with van der Waals surface area (Å²) in [5, 5.41) is 9.38. The Morgan fingerprint density at radius 3 is 2.38 bits per heavy atom. The number of aliphatic hydroxyl groups excluding tert-OH is 1. The summed E-state index contributed by atoms with van der Waals surface area (Å²) in [6.45, 7) is 12.5. The minimum atomic E-state index is -0.572. The molecule has 2 atom stereocenters. The Labute approximate surface area is 127 Å². The standard InChI is InChI=1S/C15H29NO5/c1-14(2,3)10-20-12-7-16(11(8-17)9-19-12)13(18)21-15(4,5)6/h11-12,17H,7-10H2,1-6H3. The van der Waals surface area contributed by atoms with Gasteiger partial charge in [-0.15, -0.1) is 0 Å². The Hall–Kier alpha value is -0.850. The van der Waals surface area contributed by atoms with Crippen LogP contribution in [0, 0.1) is 5.41 Å². The van der Waals surface area contributed by atoms with Gasteiger partial charge in [-0.05, 0) is 26.2 Å². The van der Waals surface area contributed by atoms with Gasteiger partial charge in [0.1, 0.15) is 5.60 Å². The molecule has 0 saturated carbocycles. The summed E-state index contributed by atoms with van der Waals surface area (Å²) >= 11 is 0. The van der Waals surface area contributed by atoms with Gasteiger partial charge in [0.25, 0.3) is 0 Å². The van der Waals surface area contributed by atoms with E-state index in [1.807, 2.05) is 20.8 Å². The van der Waals surface area contributed by atoms with E-state index in [2.05, 4.69) is 20.8 Å². The maximum atomic E-state index is 12.2. The Balaban J connectivity index is 2.63. The lowest BCUT2D eigenvalue weighted by atomic mass is 9.99. The number of carbonyl (C=O) groups is 1. The predicted octanol–water partition coefficient (Wildman–Crippen LogP) is 2.00. The number of rotatable bonds is 3. The van der Waals surface area contributed by atoms with E-state index >= 15 is 0 Å². The molecule has 1 fully saturated rings. The molecular formula is C15H29NO5. The second-order valence-corrected chi connectivity index (χ2v) is 7.60. The van der Waals surface area contributed by atoms with Crippen LogP contribution >= 0.6 is 0 Å². The van der Waals surface area contributed by atoms with Crippen LogP contribution in [0.5, 0.6) is 0 Å². The molecule has 2 unspecified atom stereocenters. The van der Waals surface area contributed by atoms with Crippen LogP contribution in [0.25, 0.3) is 0 Å². The van der Waals surface area contributed by atoms with Gasteiger partial charge in [0.15, 0.2) is 6.29 Å². The minimum absolute atomic E-state index is 0.0218. The largest absolute Gasteiger partial charge is 0.444 e. The molecule has 1 amide bonds. The summed E-state index contributed by atoms with van der Waals surface area (Å²) in [4.78, 5) is 13.7. The summed E-state index contributed by atoms with van der Waals surface area (Å²) in [5.41, 5.74) is -0.551. The number of amides is 1. The zero-order valence-electron chi connectivity index (χ0n) is 14.0. The zero-order valence-corrected chi connectivity index (χ0v) is 14.0. The fourth-order valence-electron chi connectivity index (χ4n) is 1.81. The quantitative estimate of drug-likeness (QED) is 0.863. The number of nitrogens with zero attached hydrogens (tertiary/aromatic N) is 1. The second-order valence-electron chi connectivity index (χ2n) is 7.60. The van der Waals surface area contributed by atoms with Crippen molar-refractivity contribution in [2.45, 2.75) is 59.5 Å². The van der Waals surface area contributed by atoms with Crippen molar-refractivity contribution >= 4 is 6.09 Å². The summed E-state index contributed by atoms with van der Waals surface area (Å²) in [6.07, 6.45) is -0.936. The van der Waals surface area contributed by atoms with Gasteiger partial charge in [-0.1, -0.05) is 20.8 Å². The summed E-state index contributed by atoms with van der Waals surface area (Å²) in [6, 6.07) is -0.394. The van der Waals surface area contributed by atoms with Crippen molar-refractivity contribution in [3.8, 4) is 0 Å². The van der Waals surface area contributed by atoms with Gasteiger partial charge in [0, 0.05) is 0 Å². The first-order valence-corrected chi connectivity index (χ1v) is 7.35. The first kappa shape index (κ1) is 18.2. The van der Waals surface area contributed by atoms with Crippen molar-refractivity contribution in [1.82, 2.24) is 4.90 Å². The SMILES string of the molecule is CC(C)(C)COC1CN(C(=O)OC(C)(C)C)C(CO)CO1. The highest BCUT2D eigenvalue weighted by Crippen LogP contribution is 2.20. The Kier molecular flexibility index (Phi) is 6.01. The molecule has 0 radical (unpaired) electrons. The molecule has 1 heterocycles. The maximum absolute atomic E-state index is 12.2. The van der Waals surface area contributed by atoms with Crippen molar-refractivity contribution in [2.75, 3.05) is 26.4 Å². The van der Waals surface area contributed by atoms with E-state index in [1.54, 1.807) is 0 Å². The first-order chi connectivity index (χ1) is 9.52. The van der Waals surface area contributed by atoms with Gasteiger partial charge in [-0.2, -0.15) is 0 Å². The molecule has 0 aromatic carbocycles. The van der Waals surface area contributed by atoms with E-state index < -0.39 is 24.0 Å². The van der Waals surface area contributed by atoms with Crippen LogP contribution in [0.3, 0.4) is 0 Å². The van der Waals surface area contributed by atoms with E-state index in [1.165, 1.54) is 4.90 Å². The molecule has 0 spiro atoms. The summed E-state index contributed by atoms with van der Waals surface area (Å²) in [5.74, 6) is 0. The fourth-order valence-corrected chi connectivity index (χ4v) is 1.81. The molecular weight excluding hydrogens is 274 g/mol. The van der Waals surface area contributed by atoms with Crippen LogP contribution in [0.15, 0.2) is 0 Å². The van der Waals surface area contributed by atoms with E-state index in [0.29, 0.717) is 6.61 Å². The number of ether oxygens (including phenoxy) is 3. The molecule has 124 valence electrons. The highest BCUT2D eigenvalue weighted by Gasteiger charge is 2.35. The van der Waals surface area contributed by atoms with Gasteiger partial charge >= 0.3 is 6.09 Å². The normalized spacial score (nSPS) is 24.0. The molecule has 1 aliphatic heterocycles. The van der Waals surface area contributed by atoms with Gasteiger partial charge in [-0.25, -0.2) is 4.79 Å². The Morgan fingerprint density at radius 2 is 1.90 bits per heavy atom. The van der Waals surface area contributed by atoms with Gasteiger partial charge < -0.3 is 19.3 Å². The van der Waals surface area contributed by atoms with E-state index in [9.17, 15) is 9.90 Å². The van der Waals surface area contributed by atoms with Crippen LogP contribution in [0.1, 0.15) is 41.5 Å². The lowest BCUT2D eigenvalue weighted by Gasteiger charge is -2.39. The number of hydrogen-bond acceptors (Lipinski definition) is 5. The molecule has 0 aromatic rings. The lowest BCUT2D eigenvalue weighted by molar-refractivity contribution is -0.203. The third-order valence-corrected chi connectivity index (χ3v) is 2.80. The van der Waals surface area contributed by atoms with Crippen LogP contribution < -0.4 is 0 Å². The van der Waals surface area contributed by atoms with Crippen molar-refractivity contribution in [2.24, 2.45) is 5.41 Å². The van der Waals surface area contributed by atoms with Gasteiger partial charge in [-0.3, -0.25) is 4.90 Å². The smallest absolute Gasteiger partial charge is 0.410 e. The van der Waals surface area contributed by atoms with Gasteiger partial charge in [0.2, 0.25) is 0 Å². The number of carbonyl (C=O) groups excluding carboxylic acids is 1. The average molecular weight is 303 g/mol. The first-order valence-electron chi connectivity index (χ1n) is 7.35. The lowest BCUT2D eigenvalue weighted by Crippen LogP contribution is -2.55. The van der Waals surface area contributed by atoms with Crippen molar-refractivity contribution in [1.29, 1.82) is 0 Å². The molecule has 1 rings (SSSR count). The molecule has 1 saturated heterocycles. The van der Waals surface area contributed by atoms with Crippen LogP contribution in [-0.4, -0.2) is 60.4 Å². The molecule has 6 nitrogen and oxygen atoms in total. The maximum Gasteiger partial charge on any atom is 0.410 e. The fraction of sp³-hybridized carbons (Fsp3) is 0.933. The minimum Gasteiger partial charge on any atom is -0.444 e. The average Bonchev–Trinajstić information content (AvgIpc) is 2.33. The Bertz CT molecular complexity index is 345. The molecule has 0 bridgehead atoms. The van der Waals surface area contributed by atoms with Crippen molar-refractivity contribution in [3.05, 3.63) is 0 Å². The monoisotopic (exact) mass is 303 g/mol. The Morgan fingerprint density at radius 1 is 1.29 bits per heavy atom. The highest BCUT2D eigenvalue weighted by atomic mass is 16.7. The molecule has 21 heavy (non-hydrogen) atoms. The van der Waals surface area contributed by atoms with Crippen LogP contribution in [0.4, 0.5) is 4.79 Å². The van der Waals surface area contributed by atoms with E-state index in [0.717, 1.165) is 0 Å². The molecule has 6 heteroatoms. The highest BCUT2D eigenvalue weighted by molar-refractivity contribution is 5.68. The molecule has 0 aliphatic carbocycles. The number of morpholine rings is 1. The number of hydrogen-bond donors (Lipinski definition) is 1. The summed E-state index contributed by atoms with van der Waals surface area (Å²) < 4.78 is 16.6. The number of aliphatic hydroxyl groups is 1. The van der Waals surface area contributed by atoms with Crippen LogP contribution in [-0.2, 0) is 14.2 Å². The van der Waals surface area contributed by atoms with E-state index in [-0.39, 0.29) is 25.2 Å². The molecule has 1 N–H and O–H groups in total. The molecule has 0 aromatic heterocycles. The zero-order chi connectivity index (χ0) is 16.3. The van der Waals surface area contributed by atoms with E-state index in [4.69, 9.17) is 14.2 Å². The van der Waals surface area contributed by atoms with Crippen molar-refractivity contribution < 1.29 is 24.1 Å². The van der Waals surface area contributed by atoms with Gasteiger partial charge in [0.05, 0.1) is 32.4 Å². The third kappa shape index (κ3) is 6.63. The second kappa shape index (κ2) is 6.94. The molecule has 1 aliphatic rings. The topological polar surface area (TPSA) is 68.2 Å². The third-order valence-electron chi connectivity index (χ3n) is 2.80. The summed E-state index contributed by atoms with van der Waals surface area (Å²) in [7, 11) is 0. The van der Waals surface area contributed by atoms with Crippen molar-refractivity contribution in [3.63, 3.8) is 0 Å². The predicted molar refractivity (Wildman–Crippen MR) is 79.0 cm³/mol.